The van der Waals surface area contributed by atoms with E-state index in [1.807, 2.05) is 36.4 Å². The second-order valence-corrected chi connectivity index (χ2v) is 9.39. The van der Waals surface area contributed by atoms with E-state index in [2.05, 4.69) is 46.0 Å². The van der Waals surface area contributed by atoms with Gasteiger partial charge in [0.25, 0.3) is 0 Å². The Balaban J connectivity index is 2.06. The van der Waals surface area contributed by atoms with Crippen molar-refractivity contribution in [2.45, 2.75) is 59.7 Å². The van der Waals surface area contributed by atoms with E-state index < -0.39 is 0 Å². The first-order chi connectivity index (χ1) is 12.1. The second-order valence-electron chi connectivity index (χ2n) is 8.57. The molecule has 26 heavy (non-hydrogen) atoms. The fourth-order valence-corrected chi connectivity index (χ4v) is 3.84. The lowest BCUT2D eigenvalue weighted by Crippen LogP contribution is -2.41. The van der Waals surface area contributed by atoms with Crippen molar-refractivity contribution in [1.82, 2.24) is 5.32 Å². The van der Waals surface area contributed by atoms with Crippen LogP contribution < -0.4 is 10.1 Å². The summed E-state index contributed by atoms with van der Waals surface area (Å²) in [5, 5.41) is 4.91. The monoisotopic (exact) mass is 393 g/mol. The van der Waals surface area contributed by atoms with Crippen LogP contribution in [0, 0.1) is 5.41 Å². The number of halogens is 2. The van der Waals surface area contributed by atoms with Crippen LogP contribution in [0.1, 0.15) is 52.2 Å². The van der Waals surface area contributed by atoms with Gasteiger partial charge in [-0.3, -0.25) is 0 Å². The minimum absolute atomic E-state index is 0.0391. The van der Waals surface area contributed by atoms with Crippen LogP contribution in [0.15, 0.2) is 42.5 Å². The van der Waals surface area contributed by atoms with Crippen molar-refractivity contribution in [1.29, 1.82) is 0 Å². The Labute approximate surface area is 167 Å². The number of hydrogen-bond acceptors (Lipinski definition) is 2. The molecule has 0 atom stereocenters. The maximum atomic E-state index is 6.24. The molecule has 0 aliphatic heterocycles. The Hall–Kier alpha value is -1.22. The van der Waals surface area contributed by atoms with Crippen LogP contribution in [-0.2, 0) is 13.2 Å². The van der Waals surface area contributed by atoms with Gasteiger partial charge in [0, 0.05) is 33.3 Å². The van der Waals surface area contributed by atoms with Crippen LogP contribution in [0.4, 0.5) is 0 Å². The van der Waals surface area contributed by atoms with Gasteiger partial charge in [-0.2, -0.15) is 0 Å². The van der Waals surface area contributed by atoms with Gasteiger partial charge in [-0.15, -0.1) is 0 Å². The molecular weight excluding hydrogens is 365 g/mol. The first-order valence-electron chi connectivity index (χ1n) is 8.96. The van der Waals surface area contributed by atoms with Crippen molar-refractivity contribution >= 4 is 23.2 Å². The summed E-state index contributed by atoms with van der Waals surface area (Å²) in [6, 6.07) is 13.6. The molecule has 0 heterocycles. The van der Waals surface area contributed by atoms with Gasteiger partial charge in [-0.05, 0) is 43.9 Å². The van der Waals surface area contributed by atoms with Gasteiger partial charge < -0.3 is 10.1 Å². The molecule has 2 rings (SSSR count). The number of ether oxygens (including phenoxy) is 1. The van der Waals surface area contributed by atoms with Gasteiger partial charge in [0.15, 0.2) is 0 Å². The van der Waals surface area contributed by atoms with E-state index in [-0.39, 0.29) is 11.0 Å². The van der Waals surface area contributed by atoms with Gasteiger partial charge in [-0.25, -0.2) is 0 Å². The molecular formula is C22H29Cl2NO. The third-order valence-corrected chi connectivity index (χ3v) is 4.84. The average molecular weight is 394 g/mol. The van der Waals surface area contributed by atoms with Crippen molar-refractivity contribution in [2.75, 3.05) is 0 Å². The summed E-state index contributed by atoms with van der Waals surface area (Å²) >= 11 is 12.5. The van der Waals surface area contributed by atoms with E-state index >= 15 is 0 Å². The minimum Gasteiger partial charge on any atom is -0.488 e. The molecule has 0 amide bonds. The Morgan fingerprint density at radius 1 is 0.885 bits per heavy atom. The van der Waals surface area contributed by atoms with Crippen LogP contribution in [0.25, 0.3) is 0 Å². The van der Waals surface area contributed by atoms with E-state index in [1.165, 1.54) is 0 Å². The van der Waals surface area contributed by atoms with E-state index in [9.17, 15) is 0 Å². The Morgan fingerprint density at radius 3 is 2.12 bits per heavy atom. The Kier molecular flexibility index (Phi) is 7.01. The van der Waals surface area contributed by atoms with Gasteiger partial charge in [-0.1, -0.05) is 68.2 Å². The molecule has 0 saturated carbocycles. The van der Waals surface area contributed by atoms with Crippen LogP contribution >= 0.6 is 23.2 Å². The van der Waals surface area contributed by atoms with Crippen LogP contribution in [0.3, 0.4) is 0 Å². The summed E-state index contributed by atoms with van der Waals surface area (Å²) in [5.74, 6) is 0.850. The molecule has 0 spiro atoms. The summed E-state index contributed by atoms with van der Waals surface area (Å²) in [7, 11) is 0. The number of benzene rings is 2. The fourth-order valence-electron chi connectivity index (χ4n) is 3.33. The van der Waals surface area contributed by atoms with Gasteiger partial charge in [0.05, 0.1) is 0 Å². The third kappa shape index (κ3) is 6.50. The average Bonchev–Trinajstić information content (AvgIpc) is 2.51. The molecule has 0 bridgehead atoms. The quantitative estimate of drug-likeness (QED) is 0.553. The first kappa shape index (κ1) is 21.1. The van der Waals surface area contributed by atoms with E-state index in [4.69, 9.17) is 27.9 Å². The maximum Gasteiger partial charge on any atom is 0.124 e. The second kappa shape index (κ2) is 8.65. The molecule has 0 fully saturated rings. The highest BCUT2D eigenvalue weighted by Crippen LogP contribution is 2.29. The predicted octanol–water partition coefficient (Wildman–Crippen LogP) is 6.88. The minimum atomic E-state index is 0.0391. The van der Waals surface area contributed by atoms with Crippen LogP contribution in [-0.4, -0.2) is 5.54 Å². The van der Waals surface area contributed by atoms with E-state index in [0.29, 0.717) is 16.7 Å². The Bertz CT molecular complexity index is 715. The zero-order valence-corrected chi connectivity index (χ0v) is 17.8. The van der Waals surface area contributed by atoms with Crippen LogP contribution in [0.5, 0.6) is 5.75 Å². The number of rotatable bonds is 7. The summed E-state index contributed by atoms with van der Waals surface area (Å²) in [4.78, 5) is 0. The topological polar surface area (TPSA) is 21.3 Å². The predicted molar refractivity (Wildman–Crippen MR) is 112 cm³/mol. The zero-order valence-electron chi connectivity index (χ0n) is 16.3. The SMILES string of the molecule is CC(C)(C)CC(C)(C)NCc1ccccc1OCc1c(Cl)cccc1Cl. The lowest BCUT2D eigenvalue weighted by Gasteiger charge is -2.33. The number of para-hydroxylation sites is 1. The summed E-state index contributed by atoms with van der Waals surface area (Å²) in [5.41, 5.74) is 2.24. The summed E-state index contributed by atoms with van der Waals surface area (Å²) in [6.07, 6.45) is 1.08. The molecule has 0 aliphatic rings. The standard InChI is InChI=1S/C22H29Cl2NO/c1-21(2,3)15-22(4,5)25-13-16-9-6-7-12-20(16)26-14-17-18(23)10-8-11-19(17)24/h6-12,25H,13-15H2,1-5H3. The molecule has 0 unspecified atom stereocenters. The molecule has 2 aromatic rings. The molecule has 2 nitrogen and oxygen atoms in total. The molecule has 1 N–H and O–H groups in total. The van der Waals surface area contributed by atoms with E-state index in [0.717, 1.165) is 29.8 Å². The van der Waals surface area contributed by atoms with Crippen molar-refractivity contribution in [3.63, 3.8) is 0 Å². The maximum absolute atomic E-state index is 6.24. The van der Waals surface area contributed by atoms with Crippen molar-refractivity contribution in [3.05, 3.63) is 63.6 Å². The van der Waals surface area contributed by atoms with Crippen molar-refractivity contribution in [2.24, 2.45) is 5.41 Å². The molecule has 0 radical (unpaired) electrons. The lowest BCUT2D eigenvalue weighted by atomic mass is 9.82. The lowest BCUT2D eigenvalue weighted by molar-refractivity contribution is 0.238. The fraction of sp³-hybridized carbons (Fsp3) is 0.455. The molecule has 0 aliphatic carbocycles. The molecule has 142 valence electrons. The highest BCUT2D eigenvalue weighted by molar-refractivity contribution is 6.35. The highest BCUT2D eigenvalue weighted by Gasteiger charge is 2.25. The molecule has 2 aromatic carbocycles. The van der Waals surface area contributed by atoms with Crippen LogP contribution in [0.2, 0.25) is 10.0 Å². The number of nitrogens with one attached hydrogen (secondary N) is 1. The normalized spacial score (nSPS) is 12.3. The smallest absolute Gasteiger partial charge is 0.124 e. The largest absolute Gasteiger partial charge is 0.488 e. The van der Waals surface area contributed by atoms with Crippen molar-refractivity contribution in [3.8, 4) is 5.75 Å². The zero-order chi connectivity index (χ0) is 19.4. The number of hydrogen-bond donors (Lipinski definition) is 1. The molecule has 0 aromatic heterocycles. The summed E-state index contributed by atoms with van der Waals surface area (Å²) in [6.45, 7) is 12.4. The van der Waals surface area contributed by atoms with Crippen molar-refractivity contribution < 1.29 is 4.74 Å². The van der Waals surface area contributed by atoms with E-state index in [1.54, 1.807) is 0 Å². The first-order valence-corrected chi connectivity index (χ1v) is 9.72. The molecule has 0 saturated heterocycles. The Morgan fingerprint density at radius 2 is 1.50 bits per heavy atom. The third-order valence-electron chi connectivity index (χ3n) is 4.14. The van der Waals surface area contributed by atoms with Gasteiger partial charge >= 0.3 is 0 Å². The molecule has 4 heteroatoms. The van der Waals surface area contributed by atoms with Gasteiger partial charge in [0.1, 0.15) is 12.4 Å². The van der Waals surface area contributed by atoms with Gasteiger partial charge in [0.2, 0.25) is 0 Å². The summed E-state index contributed by atoms with van der Waals surface area (Å²) < 4.78 is 6.04. The highest BCUT2D eigenvalue weighted by atomic mass is 35.5.